The Balaban J connectivity index is 1.68. The number of hydrogen-bond donors (Lipinski definition) is 0. The number of aryl methyl sites for hydroxylation is 1. The zero-order valence-corrected chi connectivity index (χ0v) is 14.1. The Kier molecular flexibility index (Phi) is 5.16. The molecule has 5 nitrogen and oxygen atoms in total. The summed E-state index contributed by atoms with van der Waals surface area (Å²) in [6.45, 7) is -0.00720. The lowest BCUT2D eigenvalue weighted by Crippen LogP contribution is -2.38. The minimum atomic E-state index is -0.955. The number of amides is 1. The third-order valence-electron chi connectivity index (χ3n) is 4.13. The second kappa shape index (κ2) is 7.51. The summed E-state index contributed by atoms with van der Waals surface area (Å²) in [5.41, 5.74) is 1.44. The highest BCUT2D eigenvalue weighted by molar-refractivity contribution is 5.98. The van der Waals surface area contributed by atoms with E-state index in [0.29, 0.717) is 18.4 Å². The maximum atomic E-state index is 13.2. The van der Waals surface area contributed by atoms with Gasteiger partial charge in [-0.15, -0.1) is 0 Å². The van der Waals surface area contributed by atoms with Crippen molar-refractivity contribution in [2.24, 2.45) is 0 Å². The molecule has 0 aromatic heterocycles. The summed E-state index contributed by atoms with van der Waals surface area (Å²) < 4.78 is 36.5. The van der Waals surface area contributed by atoms with E-state index in [4.69, 9.17) is 9.47 Å². The standard InChI is InChI=1S/C19H17F2NO4/c1-25-16-4-5-17-12(9-16)3-2-6-22(17)18(23)11-26-19(24)13-7-14(20)10-15(21)8-13/h4-5,7-10H,2-3,6,11H2,1H3. The summed E-state index contributed by atoms with van der Waals surface area (Å²) in [7, 11) is 1.57. The van der Waals surface area contributed by atoms with E-state index in [2.05, 4.69) is 0 Å². The number of benzene rings is 2. The van der Waals surface area contributed by atoms with Gasteiger partial charge in [-0.1, -0.05) is 0 Å². The molecule has 2 aromatic rings. The van der Waals surface area contributed by atoms with Crippen LogP contribution in [0.3, 0.4) is 0 Å². The number of ether oxygens (including phenoxy) is 2. The van der Waals surface area contributed by atoms with Gasteiger partial charge in [-0.25, -0.2) is 13.6 Å². The van der Waals surface area contributed by atoms with Crippen molar-refractivity contribution in [2.75, 3.05) is 25.2 Å². The first-order valence-electron chi connectivity index (χ1n) is 8.08. The smallest absolute Gasteiger partial charge is 0.338 e. The molecule has 3 rings (SSSR count). The van der Waals surface area contributed by atoms with Crippen molar-refractivity contribution in [1.82, 2.24) is 0 Å². The number of rotatable bonds is 4. The molecular weight excluding hydrogens is 344 g/mol. The van der Waals surface area contributed by atoms with Gasteiger partial charge in [0.1, 0.15) is 17.4 Å². The molecule has 136 valence electrons. The third kappa shape index (κ3) is 3.82. The van der Waals surface area contributed by atoms with Gasteiger partial charge in [0.15, 0.2) is 6.61 Å². The molecule has 0 aliphatic carbocycles. The van der Waals surface area contributed by atoms with E-state index in [0.717, 1.165) is 36.2 Å². The molecule has 0 atom stereocenters. The van der Waals surface area contributed by atoms with E-state index in [-0.39, 0.29) is 5.56 Å². The summed E-state index contributed by atoms with van der Waals surface area (Å²) in [6, 6.07) is 7.79. The number of carbonyl (C=O) groups excluding carboxylic acids is 2. The number of carbonyl (C=O) groups is 2. The van der Waals surface area contributed by atoms with E-state index in [1.165, 1.54) is 4.90 Å². The van der Waals surface area contributed by atoms with Crippen molar-refractivity contribution in [2.45, 2.75) is 12.8 Å². The van der Waals surface area contributed by atoms with Gasteiger partial charge in [0.2, 0.25) is 0 Å². The van der Waals surface area contributed by atoms with Gasteiger partial charge < -0.3 is 14.4 Å². The molecule has 0 N–H and O–H groups in total. The van der Waals surface area contributed by atoms with Gasteiger partial charge in [-0.3, -0.25) is 4.79 Å². The van der Waals surface area contributed by atoms with E-state index in [9.17, 15) is 18.4 Å². The normalized spacial score (nSPS) is 13.1. The Hall–Kier alpha value is -2.96. The number of halogens is 2. The molecule has 1 heterocycles. The molecule has 7 heteroatoms. The second-order valence-corrected chi connectivity index (χ2v) is 5.88. The number of hydrogen-bond acceptors (Lipinski definition) is 4. The van der Waals surface area contributed by atoms with Gasteiger partial charge in [-0.05, 0) is 48.7 Å². The van der Waals surface area contributed by atoms with Gasteiger partial charge in [0.05, 0.1) is 12.7 Å². The maximum Gasteiger partial charge on any atom is 0.338 e. The van der Waals surface area contributed by atoms with Gasteiger partial charge in [-0.2, -0.15) is 0 Å². The summed E-state index contributed by atoms with van der Waals surface area (Å²) in [6.07, 6.45) is 1.59. The van der Waals surface area contributed by atoms with Crippen LogP contribution in [0.2, 0.25) is 0 Å². The highest BCUT2D eigenvalue weighted by atomic mass is 19.1. The molecular formula is C19H17F2NO4. The van der Waals surface area contributed by atoms with Crippen LogP contribution in [0.15, 0.2) is 36.4 Å². The van der Waals surface area contributed by atoms with Crippen molar-refractivity contribution in [3.05, 3.63) is 59.2 Å². The number of methoxy groups -OCH3 is 1. The van der Waals surface area contributed by atoms with Crippen molar-refractivity contribution in [3.8, 4) is 5.75 Å². The number of anilines is 1. The van der Waals surface area contributed by atoms with Crippen LogP contribution in [0.1, 0.15) is 22.3 Å². The van der Waals surface area contributed by atoms with Gasteiger partial charge >= 0.3 is 5.97 Å². The Labute approximate surface area is 149 Å². The maximum absolute atomic E-state index is 13.2. The Bertz CT molecular complexity index is 833. The van der Waals surface area contributed by atoms with Crippen molar-refractivity contribution < 1.29 is 27.8 Å². The Morgan fingerprint density at radius 3 is 2.54 bits per heavy atom. The molecule has 26 heavy (non-hydrogen) atoms. The molecule has 0 radical (unpaired) electrons. The molecule has 1 amide bonds. The quantitative estimate of drug-likeness (QED) is 0.786. The summed E-state index contributed by atoms with van der Waals surface area (Å²) in [5, 5.41) is 0. The van der Waals surface area contributed by atoms with Gasteiger partial charge in [0.25, 0.3) is 5.91 Å². The fourth-order valence-corrected chi connectivity index (χ4v) is 2.92. The fraction of sp³-hybridized carbons (Fsp3) is 0.263. The van der Waals surface area contributed by atoms with E-state index in [1.807, 2.05) is 6.07 Å². The van der Waals surface area contributed by atoms with E-state index < -0.39 is 30.1 Å². The predicted molar refractivity (Wildman–Crippen MR) is 90.3 cm³/mol. The number of esters is 1. The predicted octanol–water partition coefficient (Wildman–Crippen LogP) is 3.11. The Morgan fingerprint density at radius 1 is 1.12 bits per heavy atom. The number of nitrogens with zero attached hydrogens (tertiary/aromatic N) is 1. The van der Waals surface area contributed by atoms with E-state index >= 15 is 0 Å². The monoisotopic (exact) mass is 361 g/mol. The first-order valence-corrected chi connectivity index (χ1v) is 8.08. The first kappa shape index (κ1) is 17.8. The molecule has 0 spiro atoms. The van der Waals surface area contributed by atoms with Crippen LogP contribution in [0.5, 0.6) is 5.75 Å². The SMILES string of the molecule is COc1ccc2c(c1)CCCN2C(=O)COC(=O)c1cc(F)cc(F)c1. The molecule has 0 saturated carbocycles. The van der Waals surface area contributed by atoms with E-state index in [1.54, 1.807) is 19.2 Å². The second-order valence-electron chi connectivity index (χ2n) is 5.88. The summed E-state index contributed by atoms with van der Waals surface area (Å²) in [5.74, 6) is -2.42. The van der Waals surface area contributed by atoms with Crippen LogP contribution in [0, 0.1) is 11.6 Å². The van der Waals surface area contributed by atoms with Gasteiger partial charge in [0, 0.05) is 18.3 Å². The fourth-order valence-electron chi connectivity index (χ4n) is 2.92. The summed E-state index contributed by atoms with van der Waals surface area (Å²) >= 11 is 0. The average molecular weight is 361 g/mol. The minimum absolute atomic E-state index is 0.279. The largest absolute Gasteiger partial charge is 0.497 e. The lowest BCUT2D eigenvalue weighted by Gasteiger charge is -2.29. The van der Waals surface area contributed by atoms with Crippen LogP contribution in [0.25, 0.3) is 0 Å². The van der Waals surface area contributed by atoms with Crippen LogP contribution in [0.4, 0.5) is 14.5 Å². The molecule has 1 aliphatic rings. The molecule has 0 unspecified atom stereocenters. The highest BCUT2D eigenvalue weighted by Gasteiger charge is 2.24. The molecule has 0 bridgehead atoms. The Morgan fingerprint density at radius 2 is 1.85 bits per heavy atom. The lowest BCUT2D eigenvalue weighted by atomic mass is 10.0. The first-order chi connectivity index (χ1) is 12.5. The zero-order valence-electron chi connectivity index (χ0n) is 14.1. The van der Waals surface area contributed by atoms with Crippen LogP contribution < -0.4 is 9.64 Å². The summed E-state index contributed by atoms with van der Waals surface area (Å²) in [4.78, 5) is 25.9. The highest BCUT2D eigenvalue weighted by Crippen LogP contribution is 2.30. The molecule has 2 aromatic carbocycles. The lowest BCUT2D eigenvalue weighted by molar-refractivity contribution is -0.121. The zero-order chi connectivity index (χ0) is 18.7. The third-order valence-corrected chi connectivity index (χ3v) is 4.13. The average Bonchev–Trinajstić information content (AvgIpc) is 2.64. The topological polar surface area (TPSA) is 55.8 Å². The number of fused-ring (bicyclic) bond motifs is 1. The molecule has 1 aliphatic heterocycles. The molecule has 0 saturated heterocycles. The van der Waals surface area contributed by atoms with Crippen molar-refractivity contribution in [1.29, 1.82) is 0 Å². The van der Waals surface area contributed by atoms with Crippen molar-refractivity contribution in [3.63, 3.8) is 0 Å². The molecule has 0 fully saturated rings. The van der Waals surface area contributed by atoms with Crippen LogP contribution in [-0.2, 0) is 16.0 Å². The van der Waals surface area contributed by atoms with Crippen molar-refractivity contribution >= 4 is 17.6 Å². The van der Waals surface area contributed by atoms with Crippen LogP contribution in [-0.4, -0.2) is 32.1 Å². The van der Waals surface area contributed by atoms with Crippen LogP contribution >= 0.6 is 0 Å². The minimum Gasteiger partial charge on any atom is -0.497 e.